The SMILES string of the molecule is CCCc1c(N)ncnc1Nc1ccc2ncccc2c1. The molecule has 3 aromatic rings. The molecule has 5 nitrogen and oxygen atoms in total. The molecule has 106 valence electrons. The number of nitrogens with two attached hydrogens (primary N) is 1. The van der Waals surface area contributed by atoms with E-state index in [4.69, 9.17) is 5.73 Å². The number of aromatic nitrogens is 3. The average Bonchev–Trinajstić information content (AvgIpc) is 2.51. The van der Waals surface area contributed by atoms with Crippen LogP contribution in [0.3, 0.4) is 0 Å². The summed E-state index contributed by atoms with van der Waals surface area (Å²) in [6.45, 7) is 2.11. The van der Waals surface area contributed by atoms with Crippen LogP contribution in [0.4, 0.5) is 17.3 Å². The van der Waals surface area contributed by atoms with Crippen LogP contribution >= 0.6 is 0 Å². The number of rotatable bonds is 4. The molecule has 0 saturated carbocycles. The fourth-order valence-electron chi connectivity index (χ4n) is 2.32. The lowest BCUT2D eigenvalue weighted by molar-refractivity contribution is 0.908. The van der Waals surface area contributed by atoms with E-state index in [0.29, 0.717) is 5.82 Å². The maximum atomic E-state index is 5.95. The van der Waals surface area contributed by atoms with Crippen LogP contribution in [0.25, 0.3) is 10.9 Å². The molecule has 0 atom stereocenters. The van der Waals surface area contributed by atoms with Crippen LogP contribution in [-0.4, -0.2) is 15.0 Å². The van der Waals surface area contributed by atoms with Gasteiger partial charge in [0.05, 0.1) is 5.52 Å². The van der Waals surface area contributed by atoms with E-state index < -0.39 is 0 Å². The van der Waals surface area contributed by atoms with Gasteiger partial charge in [-0.1, -0.05) is 19.4 Å². The van der Waals surface area contributed by atoms with Gasteiger partial charge in [-0.15, -0.1) is 0 Å². The van der Waals surface area contributed by atoms with Crippen molar-refractivity contribution in [2.24, 2.45) is 0 Å². The minimum absolute atomic E-state index is 0.539. The first-order valence-corrected chi connectivity index (χ1v) is 6.99. The zero-order valence-electron chi connectivity index (χ0n) is 11.9. The Morgan fingerprint density at radius 2 is 2.05 bits per heavy atom. The summed E-state index contributed by atoms with van der Waals surface area (Å²) in [5.41, 5.74) is 8.85. The smallest absolute Gasteiger partial charge is 0.139 e. The van der Waals surface area contributed by atoms with Gasteiger partial charge < -0.3 is 11.1 Å². The third kappa shape index (κ3) is 2.76. The minimum Gasteiger partial charge on any atom is -0.383 e. The van der Waals surface area contributed by atoms with Crippen molar-refractivity contribution in [3.63, 3.8) is 0 Å². The summed E-state index contributed by atoms with van der Waals surface area (Å²) in [4.78, 5) is 12.7. The summed E-state index contributed by atoms with van der Waals surface area (Å²) in [6, 6.07) is 9.99. The molecule has 3 rings (SSSR count). The zero-order valence-corrected chi connectivity index (χ0v) is 11.9. The Morgan fingerprint density at radius 3 is 2.90 bits per heavy atom. The number of anilines is 3. The summed E-state index contributed by atoms with van der Waals surface area (Å²) >= 11 is 0. The molecule has 5 heteroatoms. The van der Waals surface area contributed by atoms with Crippen LogP contribution in [0.5, 0.6) is 0 Å². The molecule has 0 bridgehead atoms. The number of pyridine rings is 1. The standard InChI is InChI=1S/C16H17N5/c1-2-4-13-15(17)19-10-20-16(13)21-12-6-7-14-11(9-12)5-3-8-18-14/h3,5-10H,2,4H2,1H3,(H3,17,19,20,21). The molecule has 0 spiro atoms. The number of benzene rings is 1. The third-order valence-electron chi connectivity index (χ3n) is 3.34. The normalized spacial score (nSPS) is 10.7. The highest BCUT2D eigenvalue weighted by molar-refractivity contribution is 5.83. The molecule has 0 saturated heterocycles. The van der Waals surface area contributed by atoms with Crippen LogP contribution in [0.15, 0.2) is 42.9 Å². The van der Waals surface area contributed by atoms with Crippen molar-refractivity contribution in [3.8, 4) is 0 Å². The Labute approximate surface area is 123 Å². The van der Waals surface area contributed by atoms with Crippen molar-refractivity contribution in [3.05, 3.63) is 48.4 Å². The number of nitrogen functional groups attached to an aromatic ring is 1. The quantitative estimate of drug-likeness (QED) is 0.766. The average molecular weight is 279 g/mol. The zero-order chi connectivity index (χ0) is 14.7. The molecular weight excluding hydrogens is 262 g/mol. The second-order valence-corrected chi connectivity index (χ2v) is 4.87. The predicted octanol–water partition coefficient (Wildman–Crippen LogP) is 3.30. The van der Waals surface area contributed by atoms with E-state index in [0.717, 1.165) is 40.8 Å². The van der Waals surface area contributed by atoms with Crippen LogP contribution in [-0.2, 0) is 6.42 Å². The summed E-state index contributed by atoms with van der Waals surface area (Å²) in [7, 11) is 0. The van der Waals surface area contributed by atoms with E-state index >= 15 is 0 Å². The second kappa shape index (κ2) is 5.75. The van der Waals surface area contributed by atoms with Crippen LogP contribution < -0.4 is 11.1 Å². The van der Waals surface area contributed by atoms with E-state index in [-0.39, 0.29) is 0 Å². The number of fused-ring (bicyclic) bond motifs is 1. The molecule has 0 aliphatic rings. The van der Waals surface area contributed by atoms with Crippen molar-refractivity contribution in [1.29, 1.82) is 0 Å². The summed E-state index contributed by atoms with van der Waals surface area (Å²) in [5, 5.41) is 4.42. The van der Waals surface area contributed by atoms with Crippen molar-refractivity contribution in [2.75, 3.05) is 11.1 Å². The molecule has 21 heavy (non-hydrogen) atoms. The van der Waals surface area contributed by atoms with Crippen molar-refractivity contribution in [2.45, 2.75) is 19.8 Å². The van der Waals surface area contributed by atoms with E-state index in [1.54, 1.807) is 6.20 Å². The van der Waals surface area contributed by atoms with Gasteiger partial charge in [0.25, 0.3) is 0 Å². The van der Waals surface area contributed by atoms with Gasteiger partial charge in [-0.3, -0.25) is 4.98 Å². The number of nitrogens with zero attached hydrogens (tertiary/aromatic N) is 3. The van der Waals surface area contributed by atoms with Gasteiger partial charge in [-0.05, 0) is 30.7 Å². The molecule has 0 radical (unpaired) electrons. The van der Waals surface area contributed by atoms with Crippen molar-refractivity contribution < 1.29 is 0 Å². The molecule has 0 aliphatic carbocycles. The lowest BCUT2D eigenvalue weighted by Gasteiger charge is -2.12. The van der Waals surface area contributed by atoms with Gasteiger partial charge in [-0.25, -0.2) is 9.97 Å². The van der Waals surface area contributed by atoms with Crippen molar-refractivity contribution in [1.82, 2.24) is 15.0 Å². The predicted molar refractivity (Wildman–Crippen MR) is 85.5 cm³/mol. The van der Waals surface area contributed by atoms with E-state index in [1.165, 1.54) is 6.33 Å². The summed E-state index contributed by atoms with van der Waals surface area (Å²) in [5.74, 6) is 1.31. The molecule has 0 unspecified atom stereocenters. The third-order valence-corrected chi connectivity index (χ3v) is 3.34. The van der Waals surface area contributed by atoms with Gasteiger partial charge >= 0.3 is 0 Å². The van der Waals surface area contributed by atoms with E-state index in [2.05, 4.69) is 33.3 Å². The summed E-state index contributed by atoms with van der Waals surface area (Å²) in [6.07, 6.45) is 5.12. The molecule has 0 aliphatic heterocycles. The topological polar surface area (TPSA) is 76.7 Å². The number of hydrogen-bond donors (Lipinski definition) is 2. The maximum Gasteiger partial charge on any atom is 0.139 e. The monoisotopic (exact) mass is 279 g/mol. The van der Waals surface area contributed by atoms with E-state index in [1.807, 2.05) is 24.3 Å². The number of nitrogens with one attached hydrogen (secondary N) is 1. The van der Waals surface area contributed by atoms with E-state index in [9.17, 15) is 0 Å². The fraction of sp³-hybridized carbons (Fsp3) is 0.188. The molecule has 0 amide bonds. The van der Waals surface area contributed by atoms with Gasteiger partial charge in [0.1, 0.15) is 18.0 Å². The van der Waals surface area contributed by atoms with Gasteiger partial charge in [-0.2, -0.15) is 0 Å². The minimum atomic E-state index is 0.539. The fourth-order valence-corrected chi connectivity index (χ4v) is 2.32. The van der Waals surface area contributed by atoms with Gasteiger partial charge in [0.2, 0.25) is 0 Å². The first-order valence-electron chi connectivity index (χ1n) is 6.99. The largest absolute Gasteiger partial charge is 0.383 e. The molecule has 2 heterocycles. The molecule has 3 N–H and O–H groups in total. The number of hydrogen-bond acceptors (Lipinski definition) is 5. The Kier molecular flexibility index (Phi) is 3.64. The Balaban J connectivity index is 1.96. The maximum absolute atomic E-state index is 5.95. The van der Waals surface area contributed by atoms with Crippen molar-refractivity contribution >= 4 is 28.2 Å². The first-order chi connectivity index (χ1) is 10.3. The summed E-state index contributed by atoms with van der Waals surface area (Å²) < 4.78 is 0. The highest BCUT2D eigenvalue weighted by Crippen LogP contribution is 2.25. The van der Waals surface area contributed by atoms with Gasteiger partial charge in [0, 0.05) is 22.8 Å². The van der Waals surface area contributed by atoms with Gasteiger partial charge in [0.15, 0.2) is 0 Å². The lowest BCUT2D eigenvalue weighted by atomic mass is 10.1. The molecule has 0 fully saturated rings. The Hall–Kier alpha value is -2.69. The lowest BCUT2D eigenvalue weighted by Crippen LogP contribution is -2.05. The van der Waals surface area contributed by atoms with Crippen LogP contribution in [0.1, 0.15) is 18.9 Å². The van der Waals surface area contributed by atoms with Crippen LogP contribution in [0.2, 0.25) is 0 Å². The molecule has 2 aromatic heterocycles. The van der Waals surface area contributed by atoms with Crippen LogP contribution in [0, 0.1) is 0 Å². The highest BCUT2D eigenvalue weighted by atomic mass is 15.0. The second-order valence-electron chi connectivity index (χ2n) is 4.87. The Morgan fingerprint density at radius 1 is 1.14 bits per heavy atom. The Bertz CT molecular complexity index is 769. The molecule has 1 aromatic carbocycles. The highest BCUT2D eigenvalue weighted by Gasteiger charge is 2.08. The molecular formula is C16H17N5. The first kappa shape index (κ1) is 13.3.